The van der Waals surface area contributed by atoms with E-state index in [1.54, 1.807) is 12.3 Å². The van der Waals surface area contributed by atoms with E-state index < -0.39 is 12.1 Å². The number of nitrogens with one attached hydrogen (secondary N) is 1. The van der Waals surface area contributed by atoms with Crippen LogP contribution >= 0.6 is 0 Å². The van der Waals surface area contributed by atoms with Crippen molar-refractivity contribution in [3.63, 3.8) is 0 Å². The maximum absolute atomic E-state index is 12.8. The molecule has 1 aliphatic rings. The lowest BCUT2D eigenvalue weighted by Crippen LogP contribution is -2.33. The summed E-state index contributed by atoms with van der Waals surface area (Å²) in [5, 5.41) is 2.71. The molecular formula is C7H10FNO. The summed E-state index contributed by atoms with van der Waals surface area (Å²) in [4.78, 5) is 10.7. The van der Waals surface area contributed by atoms with Gasteiger partial charge in [0.25, 0.3) is 0 Å². The average Bonchev–Trinajstić information content (AvgIpc) is 1.88. The van der Waals surface area contributed by atoms with Crippen LogP contribution in [0.5, 0.6) is 0 Å². The number of rotatable bonds is 1. The Morgan fingerprint density at radius 3 is 2.90 bits per heavy atom. The predicted molar refractivity (Wildman–Crippen MR) is 36.2 cm³/mol. The molecule has 0 aromatic rings. The molecule has 0 bridgehead atoms. The molecule has 2 nitrogen and oxygen atoms in total. The first-order valence-corrected chi connectivity index (χ1v) is 3.26. The van der Waals surface area contributed by atoms with E-state index in [0.717, 1.165) is 0 Å². The van der Waals surface area contributed by atoms with E-state index in [1.165, 1.54) is 6.92 Å². The van der Waals surface area contributed by atoms with Gasteiger partial charge < -0.3 is 5.32 Å². The second kappa shape index (κ2) is 2.82. The zero-order valence-electron chi connectivity index (χ0n) is 5.80. The SMILES string of the molecule is CC(=O)C1C=CNC[C@@H]1F. The van der Waals surface area contributed by atoms with E-state index >= 15 is 0 Å². The molecular weight excluding hydrogens is 133 g/mol. The molecule has 0 amide bonds. The Balaban J connectivity index is 2.64. The highest BCUT2D eigenvalue weighted by molar-refractivity contribution is 5.80. The number of ketones is 1. The molecule has 0 fully saturated rings. The first-order chi connectivity index (χ1) is 4.72. The quantitative estimate of drug-likeness (QED) is 0.583. The first kappa shape index (κ1) is 7.25. The molecule has 10 heavy (non-hydrogen) atoms. The van der Waals surface area contributed by atoms with Crippen molar-refractivity contribution < 1.29 is 9.18 Å². The summed E-state index contributed by atoms with van der Waals surface area (Å²) in [6.07, 6.45) is 2.14. The molecule has 0 radical (unpaired) electrons. The summed E-state index contributed by atoms with van der Waals surface area (Å²) in [6, 6.07) is 0. The van der Waals surface area contributed by atoms with Crippen molar-refractivity contribution in [3.05, 3.63) is 12.3 Å². The molecule has 0 saturated carbocycles. The number of carbonyl (C=O) groups is 1. The van der Waals surface area contributed by atoms with Gasteiger partial charge in [0.05, 0.1) is 5.92 Å². The zero-order chi connectivity index (χ0) is 7.56. The van der Waals surface area contributed by atoms with Gasteiger partial charge in [-0.3, -0.25) is 4.79 Å². The highest BCUT2D eigenvalue weighted by atomic mass is 19.1. The Hall–Kier alpha value is -0.860. The van der Waals surface area contributed by atoms with Crippen LogP contribution in [-0.2, 0) is 4.79 Å². The van der Waals surface area contributed by atoms with Crippen LogP contribution in [0.3, 0.4) is 0 Å². The van der Waals surface area contributed by atoms with Crippen molar-refractivity contribution in [2.45, 2.75) is 13.1 Å². The molecule has 0 saturated heterocycles. The maximum Gasteiger partial charge on any atom is 0.139 e. The minimum atomic E-state index is -1.05. The molecule has 1 unspecified atom stereocenters. The van der Waals surface area contributed by atoms with E-state index in [2.05, 4.69) is 5.32 Å². The smallest absolute Gasteiger partial charge is 0.139 e. The molecule has 1 aliphatic heterocycles. The van der Waals surface area contributed by atoms with Crippen molar-refractivity contribution in [3.8, 4) is 0 Å². The third-order valence-electron chi connectivity index (χ3n) is 1.59. The van der Waals surface area contributed by atoms with Crippen LogP contribution in [0.4, 0.5) is 4.39 Å². The zero-order valence-corrected chi connectivity index (χ0v) is 5.80. The average molecular weight is 143 g/mol. The van der Waals surface area contributed by atoms with Crippen molar-refractivity contribution in [2.24, 2.45) is 5.92 Å². The van der Waals surface area contributed by atoms with E-state index in [1.807, 2.05) is 0 Å². The van der Waals surface area contributed by atoms with E-state index in [-0.39, 0.29) is 12.3 Å². The van der Waals surface area contributed by atoms with Gasteiger partial charge >= 0.3 is 0 Å². The Morgan fingerprint density at radius 1 is 1.80 bits per heavy atom. The lowest BCUT2D eigenvalue weighted by molar-refractivity contribution is -0.121. The lowest BCUT2D eigenvalue weighted by atomic mass is 9.97. The highest BCUT2D eigenvalue weighted by Gasteiger charge is 2.24. The summed E-state index contributed by atoms with van der Waals surface area (Å²) in [6.45, 7) is 1.66. The number of allylic oxidation sites excluding steroid dienone is 1. The molecule has 0 aliphatic carbocycles. The Morgan fingerprint density at radius 2 is 2.50 bits per heavy atom. The van der Waals surface area contributed by atoms with Crippen LogP contribution in [0.2, 0.25) is 0 Å². The van der Waals surface area contributed by atoms with Crippen LogP contribution in [-0.4, -0.2) is 18.5 Å². The van der Waals surface area contributed by atoms with Crippen molar-refractivity contribution in [1.29, 1.82) is 0 Å². The lowest BCUT2D eigenvalue weighted by Gasteiger charge is -2.18. The van der Waals surface area contributed by atoms with Gasteiger partial charge in [0.15, 0.2) is 0 Å². The van der Waals surface area contributed by atoms with Gasteiger partial charge in [0, 0.05) is 6.54 Å². The van der Waals surface area contributed by atoms with Gasteiger partial charge in [-0.05, 0) is 13.1 Å². The van der Waals surface area contributed by atoms with Crippen LogP contribution in [0.1, 0.15) is 6.92 Å². The Bertz CT molecular complexity index is 167. The minimum absolute atomic E-state index is 0.106. The van der Waals surface area contributed by atoms with Crippen LogP contribution < -0.4 is 5.32 Å². The third-order valence-corrected chi connectivity index (χ3v) is 1.59. The van der Waals surface area contributed by atoms with Crippen molar-refractivity contribution >= 4 is 5.78 Å². The van der Waals surface area contributed by atoms with Crippen molar-refractivity contribution in [1.82, 2.24) is 5.32 Å². The molecule has 1 heterocycles. The molecule has 0 spiro atoms. The molecule has 1 rings (SSSR count). The van der Waals surface area contributed by atoms with Gasteiger partial charge in [-0.25, -0.2) is 4.39 Å². The fraction of sp³-hybridized carbons (Fsp3) is 0.571. The number of Topliss-reactive ketones (excluding diaryl/α,β-unsaturated/α-hetero) is 1. The largest absolute Gasteiger partial charge is 0.388 e. The third kappa shape index (κ3) is 1.35. The number of hydrogen-bond donors (Lipinski definition) is 1. The van der Waals surface area contributed by atoms with E-state index in [9.17, 15) is 9.18 Å². The molecule has 0 aromatic carbocycles. The first-order valence-electron chi connectivity index (χ1n) is 3.26. The summed E-state index contributed by atoms with van der Waals surface area (Å²) < 4.78 is 12.8. The normalized spacial score (nSPS) is 31.4. The molecule has 1 N–H and O–H groups in total. The van der Waals surface area contributed by atoms with E-state index in [4.69, 9.17) is 0 Å². The maximum atomic E-state index is 12.8. The minimum Gasteiger partial charge on any atom is -0.388 e. The molecule has 2 atom stereocenters. The fourth-order valence-corrected chi connectivity index (χ4v) is 0.990. The Kier molecular flexibility index (Phi) is 2.04. The predicted octanol–water partition coefficient (Wildman–Crippen LogP) is 0.647. The summed E-state index contributed by atoms with van der Waals surface area (Å²) in [5.74, 6) is -0.633. The summed E-state index contributed by atoms with van der Waals surface area (Å²) in [7, 11) is 0. The molecule has 3 heteroatoms. The van der Waals surface area contributed by atoms with Gasteiger partial charge in [0.1, 0.15) is 12.0 Å². The molecule has 56 valence electrons. The standard InChI is InChI=1S/C7H10FNO/c1-5(10)6-2-3-9-4-7(6)8/h2-3,6-7,9H,4H2,1H3/t6?,7-/m0/s1. The monoisotopic (exact) mass is 143 g/mol. The topological polar surface area (TPSA) is 29.1 Å². The van der Waals surface area contributed by atoms with Gasteiger partial charge in [0.2, 0.25) is 0 Å². The second-order valence-electron chi connectivity index (χ2n) is 2.42. The Labute approximate surface area is 59.1 Å². The second-order valence-corrected chi connectivity index (χ2v) is 2.42. The number of alkyl halides is 1. The number of halogens is 1. The number of carbonyl (C=O) groups excluding carboxylic acids is 1. The van der Waals surface area contributed by atoms with Gasteiger partial charge in [-0.2, -0.15) is 0 Å². The van der Waals surface area contributed by atoms with Gasteiger partial charge in [-0.1, -0.05) is 6.08 Å². The van der Waals surface area contributed by atoms with Crippen LogP contribution in [0.15, 0.2) is 12.3 Å². The number of hydrogen-bond acceptors (Lipinski definition) is 2. The fourth-order valence-electron chi connectivity index (χ4n) is 0.990. The summed E-state index contributed by atoms with van der Waals surface area (Å²) in [5.41, 5.74) is 0. The van der Waals surface area contributed by atoms with E-state index in [0.29, 0.717) is 0 Å². The van der Waals surface area contributed by atoms with Crippen molar-refractivity contribution in [2.75, 3.05) is 6.54 Å². The summed E-state index contributed by atoms with van der Waals surface area (Å²) >= 11 is 0. The van der Waals surface area contributed by atoms with Crippen LogP contribution in [0, 0.1) is 5.92 Å². The van der Waals surface area contributed by atoms with Crippen LogP contribution in [0.25, 0.3) is 0 Å². The molecule has 0 aromatic heterocycles. The van der Waals surface area contributed by atoms with Gasteiger partial charge in [-0.15, -0.1) is 0 Å². The highest BCUT2D eigenvalue weighted by Crippen LogP contribution is 2.13.